The number of hydrogen-bond acceptors (Lipinski definition) is 5. The van der Waals surface area contributed by atoms with Crippen molar-refractivity contribution in [1.29, 1.82) is 0 Å². The number of rotatable bonds is 4. The highest BCUT2D eigenvalue weighted by Crippen LogP contribution is 2.27. The quantitative estimate of drug-likeness (QED) is 0.487. The molecule has 0 atom stereocenters. The van der Waals surface area contributed by atoms with Crippen molar-refractivity contribution in [2.75, 3.05) is 0 Å². The van der Waals surface area contributed by atoms with Gasteiger partial charge in [-0.25, -0.2) is 18.1 Å². The number of hydrogen-bond donors (Lipinski definition) is 0. The Morgan fingerprint density at radius 2 is 1.90 bits per heavy atom. The first-order valence-electron chi connectivity index (χ1n) is 9.52. The zero-order valence-electron chi connectivity index (χ0n) is 15.8. The lowest BCUT2D eigenvalue weighted by Gasteiger charge is -2.10. The zero-order chi connectivity index (χ0) is 20.7. The minimum Gasteiger partial charge on any atom is -0.292 e. The van der Waals surface area contributed by atoms with Gasteiger partial charge in [-0.2, -0.15) is 5.10 Å². The number of aryl methyl sites for hydroxylation is 2. The summed E-state index contributed by atoms with van der Waals surface area (Å²) < 4.78 is 31.2. The Morgan fingerprint density at radius 3 is 2.67 bits per heavy atom. The van der Waals surface area contributed by atoms with E-state index < -0.39 is 17.4 Å². The molecule has 0 aliphatic carbocycles. The normalized spacial score (nSPS) is 12.9. The Bertz CT molecular complexity index is 1230. The summed E-state index contributed by atoms with van der Waals surface area (Å²) in [5, 5.41) is 15.7. The standard InChI is InChI=1S/C21H16F2N6O/c22-17-5-2-6-18(23)16(17)11-21(30)19-9-15-4-1-3-13-7-8-14(28-12-24-26-27-28)10-20(13)29(15)25-19/h2,5-10,12H,1,3-4,11H2. The summed E-state index contributed by atoms with van der Waals surface area (Å²) in [6.07, 6.45) is 3.63. The van der Waals surface area contributed by atoms with E-state index in [-0.39, 0.29) is 17.7 Å². The van der Waals surface area contributed by atoms with Gasteiger partial charge in [-0.05, 0) is 65.6 Å². The number of ketones is 1. The first kappa shape index (κ1) is 18.3. The molecular formula is C21H16F2N6O. The summed E-state index contributed by atoms with van der Waals surface area (Å²) in [5.41, 5.74) is 3.52. The van der Waals surface area contributed by atoms with E-state index in [1.54, 1.807) is 15.4 Å². The number of carbonyl (C=O) groups excluding carboxylic acids is 1. The second-order valence-electron chi connectivity index (χ2n) is 7.15. The molecule has 2 aromatic carbocycles. The maximum Gasteiger partial charge on any atom is 0.187 e. The van der Waals surface area contributed by atoms with Crippen molar-refractivity contribution < 1.29 is 13.6 Å². The molecular weight excluding hydrogens is 390 g/mol. The van der Waals surface area contributed by atoms with Gasteiger partial charge in [0.2, 0.25) is 0 Å². The first-order valence-corrected chi connectivity index (χ1v) is 9.52. The van der Waals surface area contributed by atoms with Gasteiger partial charge in [-0.3, -0.25) is 4.79 Å². The van der Waals surface area contributed by atoms with E-state index >= 15 is 0 Å². The van der Waals surface area contributed by atoms with Crippen molar-refractivity contribution in [3.63, 3.8) is 0 Å². The van der Waals surface area contributed by atoms with Gasteiger partial charge in [-0.1, -0.05) is 12.1 Å². The minimum absolute atomic E-state index is 0.188. The molecule has 30 heavy (non-hydrogen) atoms. The summed E-state index contributed by atoms with van der Waals surface area (Å²) in [5.74, 6) is -1.90. The third-order valence-corrected chi connectivity index (χ3v) is 5.26. The van der Waals surface area contributed by atoms with Gasteiger partial charge < -0.3 is 0 Å². The number of nitrogens with zero attached hydrogens (tertiary/aromatic N) is 6. The van der Waals surface area contributed by atoms with Crippen molar-refractivity contribution in [3.05, 3.63) is 82.9 Å². The van der Waals surface area contributed by atoms with Crippen LogP contribution in [0.25, 0.3) is 11.4 Å². The first-order chi connectivity index (χ1) is 14.6. The molecule has 0 unspecified atom stereocenters. The number of fused-ring (bicyclic) bond motifs is 3. The molecule has 3 heterocycles. The molecule has 0 bridgehead atoms. The van der Waals surface area contributed by atoms with Gasteiger partial charge in [-0.15, -0.1) is 5.10 Å². The smallest absolute Gasteiger partial charge is 0.187 e. The number of carbonyl (C=O) groups is 1. The average Bonchev–Trinajstić information content (AvgIpc) is 3.39. The molecule has 5 rings (SSSR count). The van der Waals surface area contributed by atoms with E-state index in [9.17, 15) is 13.6 Å². The van der Waals surface area contributed by atoms with Gasteiger partial charge in [0.15, 0.2) is 5.78 Å². The molecule has 0 radical (unpaired) electrons. The fourth-order valence-electron chi connectivity index (χ4n) is 3.74. The molecule has 2 aromatic heterocycles. The average molecular weight is 406 g/mol. The molecule has 1 aliphatic heterocycles. The van der Waals surface area contributed by atoms with Crippen molar-refractivity contribution in [2.45, 2.75) is 25.7 Å². The zero-order valence-corrected chi connectivity index (χ0v) is 15.8. The van der Waals surface area contributed by atoms with Crippen LogP contribution in [0, 0.1) is 11.6 Å². The minimum atomic E-state index is -0.736. The molecule has 1 aliphatic rings. The van der Waals surface area contributed by atoms with E-state index in [2.05, 4.69) is 20.6 Å². The second kappa shape index (κ2) is 7.25. The van der Waals surface area contributed by atoms with E-state index in [4.69, 9.17) is 0 Å². The largest absolute Gasteiger partial charge is 0.292 e. The number of halogens is 2. The lowest BCUT2D eigenvalue weighted by atomic mass is 10.0. The predicted molar refractivity (Wildman–Crippen MR) is 103 cm³/mol. The molecule has 0 saturated heterocycles. The monoisotopic (exact) mass is 406 g/mol. The van der Waals surface area contributed by atoms with Gasteiger partial charge in [0.25, 0.3) is 0 Å². The SMILES string of the molecule is O=C(Cc1c(F)cccc1F)c1cc2n(n1)-c1cc(-n3cnnn3)ccc1CCC2. The van der Waals surface area contributed by atoms with Crippen LogP contribution < -0.4 is 0 Å². The van der Waals surface area contributed by atoms with Crippen LogP contribution in [0.4, 0.5) is 8.78 Å². The molecule has 7 nitrogen and oxygen atoms in total. The van der Waals surface area contributed by atoms with Crippen LogP contribution in [-0.2, 0) is 19.3 Å². The van der Waals surface area contributed by atoms with Crippen LogP contribution in [-0.4, -0.2) is 35.8 Å². The van der Waals surface area contributed by atoms with E-state index in [0.29, 0.717) is 0 Å². The summed E-state index contributed by atoms with van der Waals surface area (Å²) in [6.45, 7) is 0. The number of tetrazole rings is 1. The molecule has 4 aromatic rings. The van der Waals surface area contributed by atoms with Crippen LogP contribution in [0.15, 0.2) is 48.8 Å². The molecule has 0 spiro atoms. The molecule has 9 heteroatoms. The van der Waals surface area contributed by atoms with Crippen LogP contribution in [0.2, 0.25) is 0 Å². The van der Waals surface area contributed by atoms with Gasteiger partial charge in [0.05, 0.1) is 11.4 Å². The molecule has 0 N–H and O–H groups in total. The maximum atomic E-state index is 13.9. The van der Waals surface area contributed by atoms with Crippen molar-refractivity contribution >= 4 is 5.78 Å². The predicted octanol–water partition coefficient (Wildman–Crippen LogP) is 3.04. The summed E-state index contributed by atoms with van der Waals surface area (Å²) in [4.78, 5) is 12.7. The lowest BCUT2D eigenvalue weighted by Crippen LogP contribution is -2.09. The van der Waals surface area contributed by atoms with Crippen molar-refractivity contribution in [3.8, 4) is 11.4 Å². The third kappa shape index (κ3) is 3.18. The summed E-state index contributed by atoms with van der Waals surface area (Å²) in [7, 11) is 0. The number of aromatic nitrogens is 6. The number of benzene rings is 2. The van der Waals surface area contributed by atoms with Gasteiger partial charge >= 0.3 is 0 Å². The van der Waals surface area contributed by atoms with Gasteiger partial charge in [0.1, 0.15) is 23.7 Å². The van der Waals surface area contributed by atoms with Crippen molar-refractivity contribution in [2.24, 2.45) is 0 Å². The van der Waals surface area contributed by atoms with E-state index in [1.807, 2.05) is 18.2 Å². The molecule has 150 valence electrons. The molecule has 0 fully saturated rings. The fourth-order valence-corrected chi connectivity index (χ4v) is 3.74. The number of Topliss-reactive ketones (excluding diaryl/α,β-unsaturated/α-hetero) is 1. The van der Waals surface area contributed by atoms with Crippen LogP contribution in [0.5, 0.6) is 0 Å². The second-order valence-corrected chi connectivity index (χ2v) is 7.15. The third-order valence-electron chi connectivity index (χ3n) is 5.26. The lowest BCUT2D eigenvalue weighted by molar-refractivity contribution is 0.0985. The van der Waals surface area contributed by atoms with Crippen LogP contribution >= 0.6 is 0 Å². The highest BCUT2D eigenvalue weighted by atomic mass is 19.1. The fraction of sp³-hybridized carbons (Fsp3) is 0.190. The highest BCUT2D eigenvalue weighted by Gasteiger charge is 2.22. The Balaban J connectivity index is 1.53. The Hall–Kier alpha value is -3.75. The Labute approximate surface area is 170 Å². The highest BCUT2D eigenvalue weighted by molar-refractivity contribution is 5.96. The Morgan fingerprint density at radius 1 is 1.07 bits per heavy atom. The van der Waals surface area contributed by atoms with E-state index in [1.165, 1.54) is 12.4 Å². The maximum absolute atomic E-state index is 13.9. The summed E-state index contributed by atoms with van der Waals surface area (Å²) >= 11 is 0. The molecule has 0 saturated carbocycles. The van der Waals surface area contributed by atoms with E-state index in [0.717, 1.165) is 54.0 Å². The van der Waals surface area contributed by atoms with Gasteiger partial charge in [0, 0.05) is 17.7 Å². The molecule has 0 amide bonds. The summed E-state index contributed by atoms with van der Waals surface area (Å²) in [6, 6.07) is 11.1. The van der Waals surface area contributed by atoms with Crippen molar-refractivity contribution in [1.82, 2.24) is 30.0 Å². The topological polar surface area (TPSA) is 78.5 Å². The van der Waals surface area contributed by atoms with Crippen LogP contribution in [0.3, 0.4) is 0 Å². The Kier molecular flexibility index (Phi) is 4.42. The van der Waals surface area contributed by atoms with Crippen LogP contribution in [0.1, 0.15) is 33.7 Å².